The lowest BCUT2D eigenvalue weighted by Crippen LogP contribution is -2.13. The number of carbonyl (C=O) groups is 1. The molecule has 2 heterocycles. The van der Waals surface area contributed by atoms with Crippen molar-refractivity contribution >= 4 is 11.6 Å². The van der Waals surface area contributed by atoms with Crippen molar-refractivity contribution in [1.29, 1.82) is 0 Å². The minimum absolute atomic E-state index is 0.249. The Bertz CT molecular complexity index is 848. The summed E-state index contributed by atoms with van der Waals surface area (Å²) in [5.74, 6) is 0.525. The molecule has 0 spiro atoms. The predicted octanol–water partition coefficient (Wildman–Crippen LogP) is 2.86. The summed E-state index contributed by atoms with van der Waals surface area (Å²) in [5.41, 5.74) is 3.61. The third-order valence-electron chi connectivity index (χ3n) is 3.86. The third kappa shape index (κ3) is 3.01. The molecule has 0 atom stereocenters. The number of nitrogens with zero attached hydrogens (tertiary/aromatic N) is 3. The van der Waals surface area contributed by atoms with Crippen molar-refractivity contribution < 1.29 is 9.53 Å². The Morgan fingerprint density at radius 3 is 2.71 bits per heavy atom. The first-order valence-electron chi connectivity index (χ1n) is 7.66. The van der Waals surface area contributed by atoms with Crippen molar-refractivity contribution in [2.75, 3.05) is 12.4 Å². The van der Waals surface area contributed by atoms with Crippen LogP contribution in [0.5, 0.6) is 5.75 Å². The van der Waals surface area contributed by atoms with Crippen LogP contribution >= 0.6 is 0 Å². The lowest BCUT2D eigenvalue weighted by atomic mass is 10.1. The highest BCUT2D eigenvalue weighted by atomic mass is 16.5. The van der Waals surface area contributed by atoms with Crippen LogP contribution in [0.25, 0.3) is 11.3 Å². The van der Waals surface area contributed by atoms with E-state index in [4.69, 9.17) is 4.74 Å². The molecule has 124 valence electrons. The Morgan fingerprint density at radius 2 is 2.08 bits per heavy atom. The van der Waals surface area contributed by atoms with Crippen LogP contribution in [0.3, 0.4) is 0 Å². The number of methoxy groups -OCH3 is 1. The highest BCUT2D eigenvalue weighted by molar-refractivity contribution is 6.03. The van der Waals surface area contributed by atoms with E-state index in [0.29, 0.717) is 17.1 Å². The minimum Gasteiger partial charge on any atom is -0.497 e. The Hall–Kier alpha value is -3.09. The van der Waals surface area contributed by atoms with E-state index < -0.39 is 0 Å². The van der Waals surface area contributed by atoms with Crippen LogP contribution in [0.2, 0.25) is 0 Å². The number of H-pyrrole nitrogens is 1. The number of nitrogens with one attached hydrogen (secondary N) is 2. The summed E-state index contributed by atoms with van der Waals surface area (Å²) in [5, 5.41) is 14.0. The quantitative estimate of drug-likeness (QED) is 0.755. The maximum absolute atomic E-state index is 12.4. The van der Waals surface area contributed by atoms with Gasteiger partial charge in [-0.3, -0.25) is 14.6 Å². The summed E-state index contributed by atoms with van der Waals surface area (Å²) in [6, 6.07) is 9.22. The van der Waals surface area contributed by atoms with Crippen LogP contribution in [-0.4, -0.2) is 33.0 Å². The largest absolute Gasteiger partial charge is 0.497 e. The molecule has 7 nitrogen and oxygen atoms in total. The Morgan fingerprint density at radius 1 is 1.33 bits per heavy atom. The summed E-state index contributed by atoms with van der Waals surface area (Å²) in [7, 11) is 1.62. The molecular formula is C17H19N5O2. The van der Waals surface area contributed by atoms with Crippen LogP contribution in [0.4, 0.5) is 5.69 Å². The standard InChI is InChI=1S/C17H19N5O2/c1-4-22-11(2)16(10-18-22)19-17(23)15-9-14(20-21-15)12-5-7-13(24-3)8-6-12/h5-10H,4H2,1-3H3,(H,19,23)(H,20,21). The number of aromatic amines is 1. The van der Waals surface area contributed by atoms with Crippen molar-refractivity contribution in [3.05, 3.63) is 47.9 Å². The van der Waals surface area contributed by atoms with Gasteiger partial charge in [-0.2, -0.15) is 10.2 Å². The van der Waals surface area contributed by atoms with Gasteiger partial charge in [-0.05, 0) is 44.2 Å². The summed E-state index contributed by atoms with van der Waals surface area (Å²) in [6.07, 6.45) is 1.65. The predicted molar refractivity (Wildman–Crippen MR) is 91.2 cm³/mol. The SMILES string of the molecule is CCn1ncc(NC(=O)c2cc(-c3ccc(OC)cc3)n[nH]2)c1C. The summed E-state index contributed by atoms with van der Waals surface area (Å²) in [4.78, 5) is 12.4. The second-order valence-corrected chi connectivity index (χ2v) is 5.31. The molecule has 0 saturated heterocycles. The van der Waals surface area contributed by atoms with Crippen LogP contribution in [0.1, 0.15) is 23.1 Å². The average molecular weight is 325 g/mol. The summed E-state index contributed by atoms with van der Waals surface area (Å²) >= 11 is 0. The van der Waals surface area contributed by atoms with Gasteiger partial charge in [-0.15, -0.1) is 0 Å². The van der Waals surface area contributed by atoms with E-state index in [1.165, 1.54) is 0 Å². The van der Waals surface area contributed by atoms with Gasteiger partial charge in [-0.1, -0.05) is 0 Å². The fourth-order valence-electron chi connectivity index (χ4n) is 2.43. The highest BCUT2D eigenvalue weighted by Crippen LogP contribution is 2.22. The average Bonchev–Trinajstić information content (AvgIpc) is 3.23. The van der Waals surface area contributed by atoms with E-state index in [1.54, 1.807) is 19.4 Å². The first-order valence-corrected chi connectivity index (χ1v) is 7.66. The minimum atomic E-state index is -0.249. The fourth-order valence-corrected chi connectivity index (χ4v) is 2.43. The number of ether oxygens (including phenoxy) is 1. The molecule has 0 unspecified atom stereocenters. The van der Waals surface area contributed by atoms with Gasteiger partial charge in [-0.25, -0.2) is 0 Å². The van der Waals surface area contributed by atoms with E-state index in [-0.39, 0.29) is 5.91 Å². The van der Waals surface area contributed by atoms with Crippen molar-refractivity contribution in [2.45, 2.75) is 20.4 Å². The van der Waals surface area contributed by atoms with Gasteiger partial charge in [0.05, 0.1) is 30.4 Å². The van der Waals surface area contributed by atoms with Crippen LogP contribution < -0.4 is 10.1 Å². The number of amides is 1. The first kappa shape index (κ1) is 15.8. The molecule has 3 rings (SSSR count). The van der Waals surface area contributed by atoms with Crippen molar-refractivity contribution in [1.82, 2.24) is 20.0 Å². The number of hydrogen-bond donors (Lipinski definition) is 2. The van der Waals surface area contributed by atoms with Gasteiger partial charge in [0.25, 0.3) is 5.91 Å². The number of anilines is 1. The molecule has 0 aliphatic carbocycles. The second kappa shape index (κ2) is 6.57. The van der Waals surface area contributed by atoms with Gasteiger partial charge in [0, 0.05) is 12.1 Å². The molecule has 1 amide bonds. The van der Waals surface area contributed by atoms with E-state index in [2.05, 4.69) is 20.6 Å². The molecule has 2 aromatic heterocycles. The number of rotatable bonds is 5. The van der Waals surface area contributed by atoms with Gasteiger partial charge in [0.1, 0.15) is 11.4 Å². The lowest BCUT2D eigenvalue weighted by Gasteiger charge is -2.03. The van der Waals surface area contributed by atoms with E-state index in [9.17, 15) is 4.79 Å². The van der Waals surface area contributed by atoms with Crippen molar-refractivity contribution in [2.24, 2.45) is 0 Å². The normalized spacial score (nSPS) is 10.6. The molecule has 0 saturated carbocycles. The Labute approximate surface area is 139 Å². The summed E-state index contributed by atoms with van der Waals surface area (Å²) < 4.78 is 6.96. The molecule has 0 radical (unpaired) electrons. The van der Waals surface area contributed by atoms with Crippen LogP contribution in [0, 0.1) is 6.92 Å². The van der Waals surface area contributed by atoms with Gasteiger partial charge in [0.15, 0.2) is 0 Å². The topological polar surface area (TPSA) is 84.8 Å². The lowest BCUT2D eigenvalue weighted by molar-refractivity contribution is 0.102. The van der Waals surface area contributed by atoms with Gasteiger partial charge < -0.3 is 10.1 Å². The van der Waals surface area contributed by atoms with Crippen LogP contribution in [0.15, 0.2) is 36.5 Å². The van der Waals surface area contributed by atoms with Crippen molar-refractivity contribution in [3.63, 3.8) is 0 Å². The fraction of sp³-hybridized carbons (Fsp3) is 0.235. The molecular weight excluding hydrogens is 306 g/mol. The van der Waals surface area contributed by atoms with E-state index >= 15 is 0 Å². The zero-order chi connectivity index (χ0) is 17.1. The molecule has 1 aromatic carbocycles. The highest BCUT2D eigenvalue weighted by Gasteiger charge is 2.14. The molecule has 0 aliphatic heterocycles. The van der Waals surface area contributed by atoms with Gasteiger partial charge in [0.2, 0.25) is 0 Å². The number of aryl methyl sites for hydroxylation is 1. The van der Waals surface area contributed by atoms with Crippen LogP contribution in [-0.2, 0) is 6.54 Å². The second-order valence-electron chi connectivity index (χ2n) is 5.31. The monoisotopic (exact) mass is 325 g/mol. The zero-order valence-corrected chi connectivity index (χ0v) is 13.8. The Kier molecular flexibility index (Phi) is 4.33. The third-order valence-corrected chi connectivity index (χ3v) is 3.86. The smallest absolute Gasteiger partial charge is 0.273 e. The molecule has 0 bridgehead atoms. The molecule has 0 aliphatic rings. The van der Waals surface area contributed by atoms with E-state index in [0.717, 1.165) is 23.6 Å². The van der Waals surface area contributed by atoms with Crippen molar-refractivity contribution in [3.8, 4) is 17.0 Å². The number of carbonyl (C=O) groups excluding carboxylic acids is 1. The number of benzene rings is 1. The maximum Gasteiger partial charge on any atom is 0.273 e. The van der Waals surface area contributed by atoms with E-state index in [1.807, 2.05) is 42.8 Å². The zero-order valence-electron chi connectivity index (χ0n) is 13.8. The van der Waals surface area contributed by atoms with Gasteiger partial charge >= 0.3 is 0 Å². The number of aromatic nitrogens is 4. The molecule has 0 fully saturated rings. The molecule has 2 N–H and O–H groups in total. The number of hydrogen-bond acceptors (Lipinski definition) is 4. The maximum atomic E-state index is 12.4. The molecule has 7 heteroatoms. The Balaban J connectivity index is 1.76. The molecule has 24 heavy (non-hydrogen) atoms. The summed E-state index contributed by atoms with van der Waals surface area (Å²) in [6.45, 7) is 4.68. The first-order chi connectivity index (χ1) is 11.6. The molecule has 3 aromatic rings.